The number of allylic oxidation sites excluding steroid dienone is 3. The summed E-state index contributed by atoms with van der Waals surface area (Å²) in [6.07, 6.45) is 7.68. The lowest BCUT2D eigenvalue weighted by molar-refractivity contribution is 0.932. The lowest BCUT2D eigenvalue weighted by atomic mass is 10.1. The molecule has 1 rings (SSSR count). The summed E-state index contributed by atoms with van der Waals surface area (Å²) in [6.45, 7) is 8.23. The second kappa shape index (κ2) is 3.06. The average molecular weight is 133 g/mol. The Balaban J connectivity index is 2.79. The van der Waals surface area contributed by atoms with Crippen LogP contribution in [0.15, 0.2) is 48.7 Å². The van der Waals surface area contributed by atoms with Gasteiger partial charge in [-0.25, -0.2) is 0 Å². The number of dihydropyridines is 1. The number of nitrogens with one attached hydrogen (secondary N) is 1. The van der Waals surface area contributed by atoms with Gasteiger partial charge in [0.25, 0.3) is 0 Å². The van der Waals surface area contributed by atoms with E-state index in [0.29, 0.717) is 0 Å². The molecule has 0 aromatic rings. The van der Waals surface area contributed by atoms with Crippen molar-refractivity contribution >= 4 is 0 Å². The molecule has 0 amide bonds. The maximum atomic E-state index is 3.68. The summed E-state index contributed by atoms with van der Waals surface area (Å²) in [6, 6.07) is 0. The van der Waals surface area contributed by atoms with Crippen molar-refractivity contribution in [2.24, 2.45) is 0 Å². The van der Waals surface area contributed by atoms with E-state index in [2.05, 4.69) is 24.6 Å². The van der Waals surface area contributed by atoms with Crippen LogP contribution in [-0.2, 0) is 0 Å². The van der Waals surface area contributed by atoms with Crippen molar-refractivity contribution in [3.05, 3.63) is 48.7 Å². The number of hydrogen-bond donors (Lipinski definition) is 1. The first kappa shape index (κ1) is 6.87. The Hall–Kier alpha value is -1.24. The molecule has 0 atom stereocenters. The van der Waals surface area contributed by atoms with Gasteiger partial charge in [-0.05, 0) is 17.2 Å². The largest absolute Gasteiger partial charge is 0.386 e. The second-order valence-electron chi connectivity index (χ2n) is 2.15. The van der Waals surface area contributed by atoms with Crippen LogP contribution in [0.2, 0.25) is 0 Å². The molecule has 0 unspecified atom stereocenters. The minimum atomic E-state index is 0.876. The molecule has 1 heterocycles. The molecule has 0 aromatic carbocycles. The van der Waals surface area contributed by atoms with Gasteiger partial charge in [-0.15, -0.1) is 0 Å². The Bertz CT molecular complexity index is 209. The normalized spacial score (nSPS) is 16.4. The summed E-state index contributed by atoms with van der Waals surface area (Å²) in [7, 11) is 0. The van der Waals surface area contributed by atoms with E-state index >= 15 is 0 Å². The summed E-state index contributed by atoms with van der Waals surface area (Å²) in [4.78, 5) is 0. The van der Waals surface area contributed by atoms with Crippen molar-refractivity contribution < 1.29 is 0 Å². The second-order valence-corrected chi connectivity index (χ2v) is 2.15. The van der Waals surface area contributed by atoms with Crippen LogP contribution in [0.5, 0.6) is 0 Å². The molecule has 1 nitrogen and oxygen atoms in total. The van der Waals surface area contributed by atoms with Crippen molar-refractivity contribution in [1.82, 2.24) is 5.32 Å². The molecular weight excluding hydrogens is 122 g/mol. The van der Waals surface area contributed by atoms with E-state index in [-0.39, 0.29) is 0 Å². The lowest BCUT2D eigenvalue weighted by Gasteiger charge is -2.09. The highest BCUT2D eigenvalue weighted by Gasteiger charge is 1.96. The zero-order valence-electron chi connectivity index (χ0n) is 5.93. The predicted molar refractivity (Wildman–Crippen MR) is 44.6 cm³/mol. The summed E-state index contributed by atoms with van der Waals surface area (Å²) in [5.41, 5.74) is 2.32. The van der Waals surface area contributed by atoms with Gasteiger partial charge < -0.3 is 5.32 Å². The molecule has 0 bridgehead atoms. The van der Waals surface area contributed by atoms with Crippen LogP contribution in [-0.4, -0.2) is 6.54 Å². The summed E-state index contributed by atoms with van der Waals surface area (Å²) in [5.74, 6) is 0. The molecule has 0 fully saturated rings. The van der Waals surface area contributed by atoms with Crippen molar-refractivity contribution in [2.45, 2.75) is 0 Å². The molecule has 1 aliphatic rings. The molecule has 1 heteroatoms. The molecule has 0 radical (unpaired) electrons. The van der Waals surface area contributed by atoms with Crippen molar-refractivity contribution in [3.8, 4) is 0 Å². The van der Waals surface area contributed by atoms with E-state index in [9.17, 15) is 0 Å². The van der Waals surface area contributed by atoms with Crippen LogP contribution in [0.1, 0.15) is 0 Å². The fourth-order valence-electron chi connectivity index (χ4n) is 0.842. The molecule has 0 aromatic heterocycles. The number of rotatable bonds is 2. The Morgan fingerprint density at radius 3 is 2.80 bits per heavy atom. The molecule has 0 spiro atoms. The monoisotopic (exact) mass is 133 g/mol. The predicted octanol–water partition coefficient (Wildman–Crippen LogP) is 1.77. The first-order chi connectivity index (χ1) is 4.86. The standard InChI is InChI=1S/C9H11N/c1-3-8-5-9(4-2)7-10-6-8/h3-6,10H,1-2,7H2. The summed E-state index contributed by atoms with van der Waals surface area (Å²) < 4.78 is 0. The first-order valence-electron chi connectivity index (χ1n) is 3.26. The smallest absolute Gasteiger partial charge is 0.0395 e. The Kier molecular flexibility index (Phi) is 2.11. The molecule has 1 N–H and O–H groups in total. The summed E-state index contributed by atoms with van der Waals surface area (Å²) >= 11 is 0. The van der Waals surface area contributed by atoms with Crippen LogP contribution >= 0.6 is 0 Å². The van der Waals surface area contributed by atoms with E-state index in [1.165, 1.54) is 5.57 Å². The zero-order chi connectivity index (χ0) is 7.40. The minimum Gasteiger partial charge on any atom is -0.386 e. The topological polar surface area (TPSA) is 12.0 Å². The Morgan fingerprint density at radius 1 is 1.40 bits per heavy atom. The number of hydrogen-bond acceptors (Lipinski definition) is 1. The van der Waals surface area contributed by atoms with E-state index in [0.717, 1.165) is 12.1 Å². The summed E-state index contributed by atoms with van der Waals surface area (Å²) in [5, 5.41) is 3.11. The Labute approximate surface area is 61.4 Å². The lowest BCUT2D eigenvalue weighted by Crippen LogP contribution is -2.13. The van der Waals surface area contributed by atoms with Crippen molar-refractivity contribution in [3.63, 3.8) is 0 Å². The minimum absolute atomic E-state index is 0.876. The highest BCUT2D eigenvalue weighted by Crippen LogP contribution is 2.07. The van der Waals surface area contributed by atoms with E-state index in [4.69, 9.17) is 0 Å². The van der Waals surface area contributed by atoms with Crippen LogP contribution in [0.25, 0.3) is 0 Å². The molecule has 0 saturated heterocycles. The SMILES string of the molecule is C=CC1=CNCC(C=C)=C1. The van der Waals surface area contributed by atoms with E-state index in [1.54, 1.807) is 0 Å². The average Bonchev–Trinajstić information content (AvgIpc) is 2.05. The quantitative estimate of drug-likeness (QED) is 0.605. The molecule has 0 aliphatic carbocycles. The molecular formula is C9H11N. The third-order valence-electron chi connectivity index (χ3n) is 1.42. The van der Waals surface area contributed by atoms with Gasteiger partial charge >= 0.3 is 0 Å². The fraction of sp³-hybridized carbons (Fsp3) is 0.111. The fourth-order valence-corrected chi connectivity index (χ4v) is 0.842. The van der Waals surface area contributed by atoms with Gasteiger partial charge in [0, 0.05) is 12.7 Å². The highest BCUT2D eigenvalue weighted by atomic mass is 14.8. The van der Waals surface area contributed by atoms with Crippen LogP contribution < -0.4 is 5.32 Å². The van der Waals surface area contributed by atoms with Crippen LogP contribution in [0.3, 0.4) is 0 Å². The molecule has 10 heavy (non-hydrogen) atoms. The van der Waals surface area contributed by atoms with Gasteiger partial charge in [-0.1, -0.05) is 25.3 Å². The zero-order valence-corrected chi connectivity index (χ0v) is 5.93. The van der Waals surface area contributed by atoms with Crippen molar-refractivity contribution in [1.29, 1.82) is 0 Å². The van der Waals surface area contributed by atoms with Gasteiger partial charge in [0.2, 0.25) is 0 Å². The van der Waals surface area contributed by atoms with Crippen molar-refractivity contribution in [2.75, 3.05) is 6.54 Å². The van der Waals surface area contributed by atoms with Gasteiger partial charge in [0.1, 0.15) is 0 Å². The van der Waals surface area contributed by atoms with Gasteiger partial charge in [0.15, 0.2) is 0 Å². The maximum Gasteiger partial charge on any atom is 0.0395 e. The van der Waals surface area contributed by atoms with Gasteiger partial charge in [-0.3, -0.25) is 0 Å². The highest BCUT2D eigenvalue weighted by molar-refractivity contribution is 5.38. The first-order valence-corrected chi connectivity index (χ1v) is 3.26. The van der Waals surface area contributed by atoms with Gasteiger partial charge in [-0.2, -0.15) is 0 Å². The molecule has 52 valence electrons. The van der Waals surface area contributed by atoms with Crippen LogP contribution in [0, 0.1) is 0 Å². The van der Waals surface area contributed by atoms with Gasteiger partial charge in [0.05, 0.1) is 0 Å². The van der Waals surface area contributed by atoms with E-state index in [1.807, 2.05) is 18.4 Å². The Morgan fingerprint density at radius 2 is 2.20 bits per heavy atom. The maximum absolute atomic E-state index is 3.68. The third kappa shape index (κ3) is 1.38. The molecule has 1 aliphatic heterocycles. The van der Waals surface area contributed by atoms with E-state index < -0.39 is 0 Å². The molecule has 0 saturated carbocycles. The van der Waals surface area contributed by atoms with Crippen LogP contribution in [0.4, 0.5) is 0 Å². The third-order valence-corrected chi connectivity index (χ3v) is 1.42.